The molecule has 9 heteroatoms. The van der Waals surface area contributed by atoms with E-state index in [1.807, 2.05) is 26.8 Å². The first-order valence-electron chi connectivity index (χ1n) is 12.5. The molecule has 2 rings (SSSR count). The lowest BCUT2D eigenvalue weighted by Crippen LogP contribution is -2.35. The number of nitrogens with two attached hydrogens (primary N) is 1. The first-order chi connectivity index (χ1) is 17.2. The number of aromatic hydroxyl groups is 2. The summed E-state index contributed by atoms with van der Waals surface area (Å²) >= 11 is 0. The Morgan fingerprint density at radius 2 is 1.81 bits per heavy atom. The molecule has 1 aromatic rings. The summed E-state index contributed by atoms with van der Waals surface area (Å²) in [5.74, 6) is -0.541. The molecule has 3 unspecified atom stereocenters. The molecule has 0 saturated heterocycles. The number of carbonyl (C=O) groups excluding carboxylic acids is 2. The molecule has 0 radical (unpaired) electrons. The third-order valence-electron chi connectivity index (χ3n) is 5.91. The summed E-state index contributed by atoms with van der Waals surface area (Å²) in [6.07, 6.45) is 7.40. The zero-order valence-electron chi connectivity index (χ0n) is 22.1. The van der Waals surface area contributed by atoms with E-state index in [2.05, 4.69) is 5.32 Å². The molecule has 0 spiro atoms. The van der Waals surface area contributed by atoms with Crippen molar-refractivity contribution in [1.29, 1.82) is 0 Å². The highest BCUT2D eigenvalue weighted by Gasteiger charge is 2.26. The molecule has 36 heavy (non-hydrogen) atoms. The van der Waals surface area contributed by atoms with E-state index in [0.717, 1.165) is 18.4 Å². The van der Waals surface area contributed by atoms with Crippen LogP contribution in [0.25, 0.3) is 0 Å². The van der Waals surface area contributed by atoms with Crippen molar-refractivity contribution in [2.24, 2.45) is 5.73 Å². The lowest BCUT2D eigenvalue weighted by molar-refractivity contribution is -0.111. The van der Waals surface area contributed by atoms with Gasteiger partial charge in [0.1, 0.15) is 11.5 Å². The Balaban J connectivity index is 0.00000316. The first kappa shape index (κ1) is 31.0. The second kappa shape index (κ2) is 16.6. The molecule has 1 aliphatic rings. The summed E-state index contributed by atoms with van der Waals surface area (Å²) in [6.45, 7) is 5.87. The number of hydrogen-bond acceptors (Lipinski definition) is 7. The van der Waals surface area contributed by atoms with Gasteiger partial charge >= 0.3 is 6.09 Å². The van der Waals surface area contributed by atoms with Gasteiger partial charge in [-0.3, -0.25) is 4.79 Å². The fraction of sp³-hybridized carbons (Fsp3) is 0.556. The second-order valence-electron chi connectivity index (χ2n) is 8.38. The highest BCUT2D eigenvalue weighted by molar-refractivity contribution is 6.00. The largest absolute Gasteiger partial charge is 0.508 e. The molecule has 5 N–H and O–H groups in total. The van der Waals surface area contributed by atoms with E-state index in [1.54, 1.807) is 13.2 Å². The number of benzene rings is 1. The minimum Gasteiger partial charge on any atom is -0.508 e. The van der Waals surface area contributed by atoms with E-state index < -0.39 is 24.2 Å². The maximum absolute atomic E-state index is 12.4. The number of hydrogen-bond donors (Lipinski definition) is 4. The minimum absolute atomic E-state index is 0.0114. The van der Waals surface area contributed by atoms with Crippen LogP contribution >= 0.6 is 0 Å². The van der Waals surface area contributed by atoms with Gasteiger partial charge in [0.25, 0.3) is 0 Å². The predicted molar refractivity (Wildman–Crippen MR) is 140 cm³/mol. The van der Waals surface area contributed by atoms with Crippen molar-refractivity contribution in [3.63, 3.8) is 0 Å². The molecule has 0 aromatic heterocycles. The SMILES string of the molecule is CC.COC1CC/C=C(\C)C(OC(N)=O)C(OC)CC/C=C/C(=O)Nc2cc(O)cc(c2O)CCC1. The van der Waals surface area contributed by atoms with Gasteiger partial charge in [-0.1, -0.05) is 26.0 Å². The number of nitrogens with one attached hydrogen (secondary N) is 1. The number of phenols is 2. The summed E-state index contributed by atoms with van der Waals surface area (Å²) in [5.41, 5.74) is 6.82. The van der Waals surface area contributed by atoms with E-state index in [4.69, 9.17) is 19.9 Å². The van der Waals surface area contributed by atoms with Crippen LogP contribution < -0.4 is 11.1 Å². The van der Waals surface area contributed by atoms with Gasteiger partial charge in [-0.2, -0.15) is 0 Å². The molecule has 0 saturated carbocycles. The van der Waals surface area contributed by atoms with Crippen molar-refractivity contribution in [3.05, 3.63) is 41.5 Å². The number of carbonyl (C=O) groups is 2. The maximum atomic E-state index is 12.4. The van der Waals surface area contributed by atoms with Crippen molar-refractivity contribution >= 4 is 17.7 Å². The Morgan fingerprint density at radius 3 is 2.44 bits per heavy atom. The van der Waals surface area contributed by atoms with Crippen molar-refractivity contribution in [2.75, 3.05) is 19.5 Å². The predicted octanol–water partition coefficient (Wildman–Crippen LogP) is 4.96. The number of phenolic OH excluding ortho intramolecular Hbond substituents is 2. The number of methoxy groups -OCH3 is 2. The normalized spacial score (nSPS) is 24.3. The Labute approximate surface area is 214 Å². The van der Waals surface area contributed by atoms with Gasteiger partial charge in [0.2, 0.25) is 5.91 Å². The summed E-state index contributed by atoms with van der Waals surface area (Å²) in [4.78, 5) is 23.8. The molecule has 0 aliphatic carbocycles. The number of primary amides is 1. The third-order valence-corrected chi connectivity index (χ3v) is 5.91. The Kier molecular flexibility index (Phi) is 14.3. The van der Waals surface area contributed by atoms with Crippen LogP contribution in [0, 0.1) is 0 Å². The standard InChI is InChI=1S/C25H36N2O7.C2H6/c1-16-8-6-10-19(32-2)11-7-9-17-14-18(28)15-20(23(17)30)27-22(29)13-5-4-12-21(33-3)24(16)34-25(26)31;1-2/h5,8,13-15,19,21,24,28,30H,4,6-7,9-12H2,1-3H3,(H2,26,31)(H,27,29);1-2H3/b13-5+,16-8+;. The summed E-state index contributed by atoms with van der Waals surface area (Å²) in [7, 11) is 3.19. The molecule has 1 aliphatic heterocycles. The van der Waals surface area contributed by atoms with E-state index in [9.17, 15) is 19.8 Å². The van der Waals surface area contributed by atoms with Gasteiger partial charge < -0.3 is 35.5 Å². The molecule has 9 nitrogen and oxygen atoms in total. The summed E-state index contributed by atoms with van der Waals surface area (Å²) in [5, 5.41) is 23.2. The van der Waals surface area contributed by atoms with Gasteiger partial charge in [-0.05, 0) is 75.1 Å². The number of ether oxygens (including phenoxy) is 3. The van der Waals surface area contributed by atoms with Crippen LogP contribution in [0.1, 0.15) is 64.9 Å². The van der Waals surface area contributed by atoms with Crippen LogP contribution in [0.5, 0.6) is 11.5 Å². The molecule has 3 atom stereocenters. The van der Waals surface area contributed by atoms with Crippen molar-refractivity contribution in [2.45, 2.75) is 84.0 Å². The Hall–Kier alpha value is -3.04. The summed E-state index contributed by atoms with van der Waals surface area (Å²) < 4.78 is 16.5. The van der Waals surface area contributed by atoms with Crippen LogP contribution in [0.3, 0.4) is 0 Å². The number of anilines is 1. The van der Waals surface area contributed by atoms with Gasteiger partial charge in [-0.15, -0.1) is 0 Å². The van der Waals surface area contributed by atoms with E-state index in [-0.39, 0.29) is 23.3 Å². The first-order valence-corrected chi connectivity index (χ1v) is 12.5. The topological polar surface area (TPSA) is 140 Å². The third kappa shape index (κ3) is 10.3. The minimum atomic E-state index is -0.882. The zero-order valence-corrected chi connectivity index (χ0v) is 22.1. The van der Waals surface area contributed by atoms with Gasteiger partial charge in [0.15, 0.2) is 6.10 Å². The fourth-order valence-electron chi connectivity index (χ4n) is 4.08. The Bertz CT molecular complexity index is 898. The van der Waals surface area contributed by atoms with Crippen molar-refractivity contribution < 1.29 is 34.0 Å². The highest BCUT2D eigenvalue weighted by Crippen LogP contribution is 2.33. The molecule has 1 heterocycles. The summed E-state index contributed by atoms with van der Waals surface area (Å²) in [6, 6.07) is 2.81. The molecule has 0 fully saturated rings. The molecule has 2 bridgehead atoms. The maximum Gasteiger partial charge on any atom is 0.405 e. The molecular formula is C27H42N2O7. The van der Waals surface area contributed by atoms with Crippen LogP contribution in [0.4, 0.5) is 10.5 Å². The fourth-order valence-corrected chi connectivity index (χ4v) is 4.08. The zero-order chi connectivity index (χ0) is 27.1. The highest BCUT2D eigenvalue weighted by atomic mass is 16.6. The van der Waals surface area contributed by atoms with Crippen LogP contribution in [-0.4, -0.2) is 54.7 Å². The average molecular weight is 507 g/mol. The Morgan fingerprint density at radius 1 is 1.08 bits per heavy atom. The monoisotopic (exact) mass is 506 g/mol. The van der Waals surface area contributed by atoms with Crippen LogP contribution in [0.2, 0.25) is 0 Å². The number of aryl methyl sites for hydroxylation is 1. The second-order valence-corrected chi connectivity index (χ2v) is 8.38. The number of amides is 2. The molecule has 2 amide bonds. The number of allylic oxidation sites excluding steroid dienone is 2. The lowest BCUT2D eigenvalue weighted by atomic mass is 9.98. The van der Waals surface area contributed by atoms with Gasteiger partial charge in [0, 0.05) is 20.3 Å². The molecular weight excluding hydrogens is 464 g/mol. The average Bonchev–Trinajstić information content (AvgIpc) is 2.85. The van der Waals surface area contributed by atoms with Gasteiger partial charge in [-0.25, -0.2) is 4.79 Å². The van der Waals surface area contributed by atoms with E-state index in [0.29, 0.717) is 37.7 Å². The number of rotatable bonds is 3. The number of fused-ring (bicyclic) bond motifs is 2. The van der Waals surface area contributed by atoms with Crippen LogP contribution in [0.15, 0.2) is 35.9 Å². The quantitative estimate of drug-likeness (QED) is 0.258. The van der Waals surface area contributed by atoms with E-state index >= 15 is 0 Å². The van der Waals surface area contributed by atoms with Crippen molar-refractivity contribution in [3.8, 4) is 11.5 Å². The van der Waals surface area contributed by atoms with Crippen molar-refractivity contribution in [1.82, 2.24) is 0 Å². The van der Waals surface area contributed by atoms with E-state index in [1.165, 1.54) is 25.3 Å². The lowest BCUT2D eigenvalue weighted by Gasteiger charge is -2.26. The van der Waals surface area contributed by atoms with Gasteiger partial charge in [0.05, 0.1) is 17.9 Å². The van der Waals surface area contributed by atoms with Crippen LogP contribution in [-0.2, 0) is 25.4 Å². The molecule has 202 valence electrons. The smallest absolute Gasteiger partial charge is 0.405 e. The molecule has 1 aromatic carbocycles.